The largest absolute Gasteiger partial charge is 0.330 e. The fourth-order valence-electron chi connectivity index (χ4n) is 3.74. The minimum absolute atomic E-state index is 0.734. The van der Waals surface area contributed by atoms with Crippen molar-refractivity contribution in [1.29, 1.82) is 0 Å². The standard InChI is InChI=1S/C15H31N3/c1-2-14(6-9-16)18-12-7-15(8-13-18)17-10-4-3-5-11-17/h14-15H,2-13,16H2,1H3. The summed E-state index contributed by atoms with van der Waals surface area (Å²) < 4.78 is 0. The second-order valence-corrected chi connectivity index (χ2v) is 6.00. The lowest BCUT2D eigenvalue weighted by Crippen LogP contribution is -2.49. The maximum Gasteiger partial charge on any atom is 0.0120 e. The van der Waals surface area contributed by atoms with Crippen molar-refractivity contribution < 1.29 is 0 Å². The molecule has 3 heteroatoms. The Morgan fingerprint density at radius 3 is 2.28 bits per heavy atom. The SMILES string of the molecule is CCC(CCN)N1CCC(N2CCCCC2)CC1. The maximum atomic E-state index is 5.72. The van der Waals surface area contributed by atoms with Crippen LogP contribution in [0.2, 0.25) is 0 Å². The average molecular weight is 253 g/mol. The Bertz CT molecular complexity index is 205. The lowest BCUT2D eigenvalue weighted by atomic mass is 9.97. The van der Waals surface area contributed by atoms with Crippen molar-refractivity contribution in [2.24, 2.45) is 5.73 Å². The molecule has 2 rings (SSSR count). The van der Waals surface area contributed by atoms with Gasteiger partial charge in [-0.3, -0.25) is 0 Å². The molecule has 2 fully saturated rings. The van der Waals surface area contributed by atoms with Crippen molar-refractivity contribution in [3.05, 3.63) is 0 Å². The highest BCUT2D eigenvalue weighted by Gasteiger charge is 2.27. The predicted octanol–water partition coefficient (Wildman–Crippen LogP) is 2.06. The van der Waals surface area contributed by atoms with Crippen LogP contribution in [-0.4, -0.2) is 54.6 Å². The molecule has 0 aromatic carbocycles. The molecule has 0 saturated carbocycles. The van der Waals surface area contributed by atoms with Crippen LogP contribution in [0.4, 0.5) is 0 Å². The highest BCUT2D eigenvalue weighted by atomic mass is 15.2. The van der Waals surface area contributed by atoms with Crippen LogP contribution in [0, 0.1) is 0 Å². The summed E-state index contributed by atoms with van der Waals surface area (Å²) in [7, 11) is 0. The fraction of sp³-hybridized carbons (Fsp3) is 1.00. The molecule has 1 atom stereocenters. The van der Waals surface area contributed by atoms with E-state index in [1.807, 2.05) is 0 Å². The number of nitrogens with zero attached hydrogens (tertiary/aromatic N) is 2. The smallest absolute Gasteiger partial charge is 0.0120 e. The zero-order valence-corrected chi connectivity index (χ0v) is 12.1. The molecule has 0 aliphatic carbocycles. The van der Waals surface area contributed by atoms with Gasteiger partial charge in [0.25, 0.3) is 0 Å². The third-order valence-corrected chi connectivity index (χ3v) is 4.89. The van der Waals surface area contributed by atoms with Crippen LogP contribution in [0.25, 0.3) is 0 Å². The van der Waals surface area contributed by atoms with Crippen molar-refractivity contribution >= 4 is 0 Å². The zero-order chi connectivity index (χ0) is 12.8. The Kier molecular flexibility index (Phi) is 5.93. The molecule has 2 aliphatic heterocycles. The Labute approximate surface area is 113 Å². The Morgan fingerprint density at radius 2 is 1.72 bits per heavy atom. The van der Waals surface area contributed by atoms with Gasteiger partial charge in [0, 0.05) is 12.1 Å². The first-order valence-corrected chi connectivity index (χ1v) is 8.03. The van der Waals surface area contributed by atoms with Gasteiger partial charge in [-0.05, 0) is 71.2 Å². The predicted molar refractivity (Wildman–Crippen MR) is 77.8 cm³/mol. The van der Waals surface area contributed by atoms with Crippen molar-refractivity contribution in [3.63, 3.8) is 0 Å². The van der Waals surface area contributed by atoms with Gasteiger partial charge in [0.2, 0.25) is 0 Å². The first-order chi connectivity index (χ1) is 8.85. The van der Waals surface area contributed by atoms with Crippen LogP contribution in [-0.2, 0) is 0 Å². The first-order valence-electron chi connectivity index (χ1n) is 8.03. The third kappa shape index (κ3) is 3.69. The highest BCUT2D eigenvalue weighted by Crippen LogP contribution is 2.23. The lowest BCUT2D eigenvalue weighted by molar-refractivity contribution is 0.0693. The third-order valence-electron chi connectivity index (χ3n) is 4.89. The minimum atomic E-state index is 0.734. The Balaban J connectivity index is 1.76. The number of hydrogen-bond acceptors (Lipinski definition) is 3. The molecule has 18 heavy (non-hydrogen) atoms. The summed E-state index contributed by atoms with van der Waals surface area (Å²) in [6.45, 7) is 8.43. The fourth-order valence-corrected chi connectivity index (χ4v) is 3.74. The van der Waals surface area contributed by atoms with E-state index in [0.717, 1.165) is 18.6 Å². The lowest BCUT2D eigenvalue weighted by Gasteiger charge is -2.42. The molecule has 0 amide bonds. The van der Waals surface area contributed by atoms with E-state index >= 15 is 0 Å². The molecular formula is C15H31N3. The Morgan fingerprint density at radius 1 is 1.06 bits per heavy atom. The quantitative estimate of drug-likeness (QED) is 0.814. The molecule has 0 aromatic rings. The highest BCUT2D eigenvalue weighted by molar-refractivity contribution is 4.84. The van der Waals surface area contributed by atoms with Crippen LogP contribution in [0.1, 0.15) is 51.9 Å². The van der Waals surface area contributed by atoms with E-state index in [0.29, 0.717) is 0 Å². The molecule has 1 unspecified atom stereocenters. The van der Waals surface area contributed by atoms with Gasteiger partial charge >= 0.3 is 0 Å². The topological polar surface area (TPSA) is 32.5 Å². The molecule has 2 saturated heterocycles. The second-order valence-electron chi connectivity index (χ2n) is 6.00. The second kappa shape index (κ2) is 7.46. The molecule has 2 heterocycles. The summed E-state index contributed by atoms with van der Waals surface area (Å²) in [6, 6.07) is 1.61. The summed E-state index contributed by atoms with van der Waals surface area (Å²) in [5, 5.41) is 0. The van der Waals surface area contributed by atoms with E-state index in [-0.39, 0.29) is 0 Å². The summed E-state index contributed by atoms with van der Waals surface area (Å²) in [4.78, 5) is 5.44. The number of piperidine rings is 2. The number of likely N-dealkylation sites (tertiary alicyclic amines) is 2. The molecule has 0 bridgehead atoms. The summed E-state index contributed by atoms with van der Waals surface area (Å²) in [5.74, 6) is 0. The van der Waals surface area contributed by atoms with Crippen molar-refractivity contribution in [3.8, 4) is 0 Å². The Hall–Kier alpha value is -0.120. The zero-order valence-electron chi connectivity index (χ0n) is 12.1. The van der Waals surface area contributed by atoms with Crippen LogP contribution < -0.4 is 5.73 Å². The summed E-state index contributed by atoms with van der Waals surface area (Å²) in [6.07, 6.45) is 9.47. The van der Waals surface area contributed by atoms with Crippen molar-refractivity contribution in [1.82, 2.24) is 9.80 Å². The van der Waals surface area contributed by atoms with Crippen molar-refractivity contribution in [2.45, 2.75) is 64.0 Å². The van der Waals surface area contributed by atoms with E-state index in [1.54, 1.807) is 0 Å². The number of rotatable bonds is 5. The molecule has 0 spiro atoms. The maximum absolute atomic E-state index is 5.72. The van der Waals surface area contributed by atoms with E-state index in [1.165, 1.54) is 71.1 Å². The molecular weight excluding hydrogens is 222 g/mol. The average Bonchev–Trinajstić information content (AvgIpc) is 2.46. The van der Waals surface area contributed by atoms with Gasteiger partial charge in [-0.25, -0.2) is 0 Å². The van der Waals surface area contributed by atoms with Gasteiger partial charge in [0.05, 0.1) is 0 Å². The number of nitrogens with two attached hydrogens (primary N) is 1. The van der Waals surface area contributed by atoms with E-state index in [2.05, 4.69) is 16.7 Å². The normalized spacial score (nSPS) is 26.3. The summed E-state index contributed by atoms with van der Waals surface area (Å²) >= 11 is 0. The van der Waals surface area contributed by atoms with Crippen LogP contribution in [0.5, 0.6) is 0 Å². The monoisotopic (exact) mass is 253 g/mol. The molecule has 3 nitrogen and oxygen atoms in total. The van der Waals surface area contributed by atoms with Crippen LogP contribution in [0.15, 0.2) is 0 Å². The van der Waals surface area contributed by atoms with Gasteiger partial charge in [0.15, 0.2) is 0 Å². The molecule has 106 valence electrons. The summed E-state index contributed by atoms with van der Waals surface area (Å²) in [5.41, 5.74) is 5.72. The van der Waals surface area contributed by atoms with Crippen LogP contribution in [0.3, 0.4) is 0 Å². The number of hydrogen-bond donors (Lipinski definition) is 1. The minimum Gasteiger partial charge on any atom is -0.330 e. The van der Waals surface area contributed by atoms with Gasteiger partial charge < -0.3 is 15.5 Å². The molecule has 0 radical (unpaired) electrons. The first kappa shape index (κ1) is 14.3. The molecule has 2 aliphatic rings. The van der Waals surface area contributed by atoms with Crippen LogP contribution >= 0.6 is 0 Å². The van der Waals surface area contributed by atoms with Crippen molar-refractivity contribution in [2.75, 3.05) is 32.7 Å². The van der Waals surface area contributed by atoms with E-state index in [4.69, 9.17) is 5.73 Å². The van der Waals surface area contributed by atoms with E-state index in [9.17, 15) is 0 Å². The van der Waals surface area contributed by atoms with Gasteiger partial charge in [0.1, 0.15) is 0 Å². The molecule has 0 aromatic heterocycles. The van der Waals surface area contributed by atoms with Gasteiger partial charge in [-0.15, -0.1) is 0 Å². The molecule has 2 N–H and O–H groups in total. The van der Waals surface area contributed by atoms with Gasteiger partial charge in [-0.1, -0.05) is 13.3 Å². The van der Waals surface area contributed by atoms with E-state index < -0.39 is 0 Å². The van der Waals surface area contributed by atoms with Gasteiger partial charge in [-0.2, -0.15) is 0 Å².